The van der Waals surface area contributed by atoms with Crippen LogP contribution in [0.4, 0.5) is 5.82 Å². The Morgan fingerprint density at radius 1 is 1.33 bits per heavy atom. The number of pyridine rings is 1. The molecule has 0 aliphatic heterocycles. The second-order valence-corrected chi connectivity index (χ2v) is 4.68. The van der Waals surface area contributed by atoms with Crippen LogP contribution in [-0.2, 0) is 0 Å². The highest BCUT2D eigenvalue weighted by Crippen LogP contribution is 2.17. The molecule has 0 amide bonds. The van der Waals surface area contributed by atoms with E-state index in [-0.39, 0.29) is 5.78 Å². The average molecular weight is 248 g/mol. The fourth-order valence-corrected chi connectivity index (χ4v) is 2.05. The first kappa shape index (κ1) is 14.7. The smallest absolute Gasteiger partial charge is 0.159 e. The topological polar surface area (TPSA) is 33.2 Å². The number of nitrogens with zero attached hydrogens (tertiary/aromatic N) is 2. The summed E-state index contributed by atoms with van der Waals surface area (Å²) < 4.78 is 0. The number of hydrogen-bond acceptors (Lipinski definition) is 3. The molecule has 0 radical (unpaired) electrons. The van der Waals surface area contributed by atoms with Crippen LogP contribution in [0.2, 0.25) is 0 Å². The minimum absolute atomic E-state index is 0.0947. The van der Waals surface area contributed by atoms with Crippen molar-refractivity contribution in [3.8, 4) is 0 Å². The molecule has 0 aliphatic carbocycles. The van der Waals surface area contributed by atoms with Gasteiger partial charge in [0.05, 0.1) is 0 Å². The number of anilines is 1. The quantitative estimate of drug-likeness (QED) is 0.692. The van der Waals surface area contributed by atoms with E-state index in [1.807, 2.05) is 6.07 Å². The van der Waals surface area contributed by atoms with Crippen LogP contribution in [-0.4, -0.2) is 23.9 Å². The van der Waals surface area contributed by atoms with Crippen molar-refractivity contribution < 1.29 is 4.79 Å². The molecule has 1 aromatic heterocycles. The van der Waals surface area contributed by atoms with E-state index < -0.39 is 0 Å². The Morgan fingerprint density at radius 3 is 2.50 bits per heavy atom. The Balaban J connectivity index is 2.87. The van der Waals surface area contributed by atoms with Crippen molar-refractivity contribution >= 4 is 11.6 Å². The van der Waals surface area contributed by atoms with Gasteiger partial charge in [-0.05, 0) is 31.9 Å². The second kappa shape index (κ2) is 7.14. The summed E-state index contributed by atoms with van der Waals surface area (Å²) in [5.74, 6) is 1.70. The number of Topliss-reactive ketones (excluding diaryl/α,β-unsaturated/α-hetero) is 1. The number of ketones is 1. The number of rotatable bonds is 7. The fraction of sp³-hybridized carbons (Fsp3) is 0.600. The third-order valence-corrected chi connectivity index (χ3v) is 3.49. The van der Waals surface area contributed by atoms with Gasteiger partial charge in [-0.25, -0.2) is 4.98 Å². The summed E-state index contributed by atoms with van der Waals surface area (Å²) in [6, 6.07) is 3.67. The monoisotopic (exact) mass is 248 g/mol. The van der Waals surface area contributed by atoms with Gasteiger partial charge in [0.25, 0.3) is 0 Å². The van der Waals surface area contributed by atoms with Crippen LogP contribution in [0.15, 0.2) is 18.3 Å². The third-order valence-electron chi connectivity index (χ3n) is 3.49. The van der Waals surface area contributed by atoms with Crippen molar-refractivity contribution in [1.29, 1.82) is 0 Å². The molecule has 0 atom stereocenters. The molecule has 0 aromatic carbocycles. The summed E-state index contributed by atoms with van der Waals surface area (Å²) in [5.41, 5.74) is 0.739. The molecule has 18 heavy (non-hydrogen) atoms. The minimum atomic E-state index is 0.0947. The Labute approximate surface area is 110 Å². The molecule has 0 saturated carbocycles. The van der Waals surface area contributed by atoms with E-state index in [0.29, 0.717) is 5.92 Å². The number of aromatic nitrogens is 1. The molecule has 3 nitrogen and oxygen atoms in total. The summed E-state index contributed by atoms with van der Waals surface area (Å²) in [6.45, 7) is 10.1. The Morgan fingerprint density at radius 2 is 2.00 bits per heavy atom. The van der Waals surface area contributed by atoms with Gasteiger partial charge < -0.3 is 4.90 Å². The van der Waals surface area contributed by atoms with Gasteiger partial charge in [-0.2, -0.15) is 0 Å². The molecule has 100 valence electrons. The first-order valence-corrected chi connectivity index (χ1v) is 6.84. The zero-order valence-electron chi connectivity index (χ0n) is 11.9. The van der Waals surface area contributed by atoms with Crippen LogP contribution in [0, 0.1) is 5.92 Å². The summed E-state index contributed by atoms with van der Waals surface area (Å²) in [6.07, 6.45) is 4.08. The van der Waals surface area contributed by atoms with Crippen LogP contribution >= 0.6 is 0 Å². The Bertz CT molecular complexity index is 386. The van der Waals surface area contributed by atoms with Crippen molar-refractivity contribution in [2.45, 2.75) is 40.5 Å². The molecule has 0 aliphatic rings. The van der Waals surface area contributed by atoms with Crippen molar-refractivity contribution in [2.75, 3.05) is 18.0 Å². The molecule has 0 spiro atoms. The highest BCUT2D eigenvalue weighted by molar-refractivity contribution is 5.94. The molecule has 1 rings (SSSR count). The molecular weight excluding hydrogens is 224 g/mol. The van der Waals surface area contributed by atoms with Gasteiger partial charge in [-0.15, -0.1) is 0 Å². The fourth-order valence-electron chi connectivity index (χ4n) is 2.05. The Kier molecular flexibility index (Phi) is 5.83. The largest absolute Gasteiger partial charge is 0.357 e. The van der Waals surface area contributed by atoms with Crippen LogP contribution in [0.3, 0.4) is 0 Å². The molecule has 3 heteroatoms. The summed E-state index contributed by atoms with van der Waals surface area (Å²) in [5, 5.41) is 0. The number of carbonyl (C=O) groups excluding carboxylic acids is 1. The lowest BCUT2D eigenvalue weighted by Gasteiger charge is -2.26. The van der Waals surface area contributed by atoms with Crippen LogP contribution in [0.1, 0.15) is 50.9 Å². The average Bonchev–Trinajstić information content (AvgIpc) is 2.40. The highest BCUT2D eigenvalue weighted by atomic mass is 16.1. The number of hydrogen-bond donors (Lipinski definition) is 0. The predicted molar refractivity (Wildman–Crippen MR) is 76.2 cm³/mol. The molecular formula is C15H24N2O. The van der Waals surface area contributed by atoms with E-state index in [1.165, 1.54) is 12.8 Å². The molecule has 1 heterocycles. The molecule has 0 unspecified atom stereocenters. The minimum Gasteiger partial charge on any atom is -0.357 e. The van der Waals surface area contributed by atoms with Gasteiger partial charge in [0.1, 0.15) is 5.82 Å². The van der Waals surface area contributed by atoms with Crippen molar-refractivity contribution in [3.63, 3.8) is 0 Å². The first-order valence-electron chi connectivity index (χ1n) is 6.84. The lowest BCUT2D eigenvalue weighted by molar-refractivity contribution is 0.101. The first-order chi connectivity index (χ1) is 8.62. The zero-order chi connectivity index (χ0) is 13.5. The van der Waals surface area contributed by atoms with Gasteiger partial charge in [0, 0.05) is 24.8 Å². The standard InChI is InChI=1S/C15H24N2O/c1-5-13(6-2)11-17(7-3)15-10-14(12(4)18)8-9-16-15/h8-10,13H,5-7,11H2,1-4H3. The van der Waals surface area contributed by atoms with Crippen molar-refractivity contribution in [2.24, 2.45) is 5.92 Å². The summed E-state index contributed by atoms with van der Waals surface area (Å²) in [4.78, 5) is 18.0. The van der Waals surface area contributed by atoms with Crippen LogP contribution in [0.5, 0.6) is 0 Å². The maximum atomic E-state index is 11.4. The molecule has 0 fully saturated rings. The summed E-state index contributed by atoms with van der Waals surface area (Å²) in [7, 11) is 0. The van der Waals surface area contributed by atoms with Crippen LogP contribution in [0.25, 0.3) is 0 Å². The zero-order valence-corrected chi connectivity index (χ0v) is 11.9. The lowest BCUT2D eigenvalue weighted by Crippen LogP contribution is -2.29. The SMILES string of the molecule is CCC(CC)CN(CC)c1cc(C(C)=O)ccn1. The van der Waals surface area contributed by atoms with Gasteiger partial charge >= 0.3 is 0 Å². The van der Waals surface area contributed by atoms with Gasteiger partial charge in [-0.3, -0.25) is 4.79 Å². The molecule has 0 N–H and O–H groups in total. The maximum absolute atomic E-state index is 11.4. The van der Waals surface area contributed by atoms with E-state index in [4.69, 9.17) is 0 Å². The van der Waals surface area contributed by atoms with E-state index in [0.717, 1.165) is 24.5 Å². The van der Waals surface area contributed by atoms with E-state index >= 15 is 0 Å². The van der Waals surface area contributed by atoms with Crippen molar-refractivity contribution in [3.05, 3.63) is 23.9 Å². The van der Waals surface area contributed by atoms with E-state index in [2.05, 4.69) is 30.7 Å². The third kappa shape index (κ3) is 3.83. The van der Waals surface area contributed by atoms with E-state index in [9.17, 15) is 4.79 Å². The van der Waals surface area contributed by atoms with Crippen molar-refractivity contribution in [1.82, 2.24) is 4.98 Å². The molecule has 0 saturated heterocycles. The van der Waals surface area contributed by atoms with Gasteiger partial charge in [0.15, 0.2) is 5.78 Å². The highest BCUT2D eigenvalue weighted by Gasteiger charge is 2.12. The van der Waals surface area contributed by atoms with Gasteiger partial charge in [-0.1, -0.05) is 26.7 Å². The van der Waals surface area contributed by atoms with Crippen LogP contribution < -0.4 is 4.90 Å². The Hall–Kier alpha value is -1.38. The maximum Gasteiger partial charge on any atom is 0.159 e. The lowest BCUT2D eigenvalue weighted by atomic mass is 10.0. The predicted octanol–water partition coefficient (Wildman–Crippen LogP) is 3.55. The normalized spacial score (nSPS) is 10.7. The molecule has 0 bridgehead atoms. The molecule has 1 aromatic rings. The second-order valence-electron chi connectivity index (χ2n) is 4.68. The van der Waals surface area contributed by atoms with Gasteiger partial charge in [0.2, 0.25) is 0 Å². The number of carbonyl (C=O) groups is 1. The summed E-state index contributed by atoms with van der Waals surface area (Å²) >= 11 is 0. The van der Waals surface area contributed by atoms with E-state index in [1.54, 1.807) is 19.2 Å².